The van der Waals surface area contributed by atoms with Crippen LogP contribution < -0.4 is 10.5 Å². The van der Waals surface area contributed by atoms with Crippen molar-refractivity contribution in [3.8, 4) is 5.75 Å². The van der Waals surface area contributed by atoms with E-state index in [1.165, 1.54) is 37.0 Å². The van der Waals surface area contributed by atoms with Gasteiger partial charge < -0.3 is 10.5 Å². The third-order valence-electron chi connectivity index (χ3n) is 3.83. The molecule has 1 fully saturated rings. The lowest BCUT2D eigenvalue weighted by atomic mass is 9.87. The van der Waals surface area contributed by atoms with E-state index in [-0.39, 0.29) is 0 Å². The molecular weight excluding hydrogens is 242 g/mol. The SMILES string of the molecule is CCC1CCCCC1Sc1ccc(N)cc1OC. The Hall–Kier alpha value is -0.830. The van der Waals surface area contributed by atoms with Gasteiger partial charge in [0.25, 0.3) is 0 Å². The number of ether oxygens (including phenoxy) is 1. The molecule has 2 rings (SSSR count). The molecule has 100 valence electrons. The predicted molar refractivity (Wildman–Crippen MR) is 79.3 cm³/mol. The third kappa shape index (κ3) is 3.14. The molecule has 0 heterocycles. The van der Waals surface area contributed by atoms with Crippen molar-refractivity contribution >= 4 is 17.4 Å². The van der Waals surface area contributed by atoms with Crippen LogP contribution in [0.4, 0.5) is 5.69 Å². The standard InChI is InChI=1S/C15H23NOS/c1-3-11-6-4-5-7-14(11)18-15-9-8-12(16)10-13(15)17-2/h8-11,14H,3-7,16H2,1-2H3. The van der Waals surface area contributed by atoms with Gasteiger partial charge in [0, 0.05) is 21.9 Å². The van der Waals surface area contributed by atoms with Gasteiger partial charge in [0.05, 0.1) is 7.11 Å². The van der Waals surface area contributed by atoms with Gasteiger partial charge in [-0.1, -0.05) is 26.2 Å². The van der Waals surface area contributed by atoms with Gasteiger partial charge in [0.1, 0.15) is 5.75 Å². The number of hydrogen-bond donors (Lipinski definition) is 1. The van der Waals surface area contributed by atoms with Crippen LogP contribution in [0.1, 0.15) is 39.0 Å². The molecule has 2 N–H and O–H groups in total. The summed E-state index contributed by atoms with van der Waals surface area (Å²) in [6.07, 6.45) is 6.76. The van der Waals surface area contributed by atoms with E-state index in [4.69, 9.17) is 10.5 Å². The lowest BCUT2D eigenvalue weighted by Gasteiger charge is -2.30. The maximum atomic E-state index is 5.80. The van der Waals surface area contributed by atoms with E-state index >= 15 is 0 Å². The number of hydrogen-bond acceptors (Lipinski definition) is 3. The Kier molecular flexibility index (Phi) is 4.81. The third-order valence-corrected chi connectivity index (χ3v) is 5.34. The van der Waals surface area contributed by atoms with Crippen LogP contribution in [0.5, 0.6) is 5.75 Å². The van der Waals surface area contributed by atoms with Gasteiger partial charge in [-0.15, -0.1) is 11.8 Å². The fourth-order valence-corrected chi connectivity index (χ4v) is 4.28. The van der Waals surface area contributed by atoms with Gasteiger partial charge >= 0.3 is 0 Å². The minimum absolute atomic E-state index is 0.737. The van der Waals surface area contributed by atoms with E-state index in [2.05, 4.69) is 13.0 Å². The molecule has 2 unspecified atom stereocenters. The highest BCUT2D eigenvalue weighted by molar-refractivity contribution is 8.00. The fraction of sp³-hybridized carbons (Fsp3) is 0.600. The van der Waals surface area contributed by atoms with Crippen molar-refractivity contribution in [3.05, 3.63) is 18.2 Å². The summed E-state index contributed by atoms with van der Waals surface area (Å²) in [4.78, 5) is 1.23. The molecule has 1 aliphatic carbocycles. The molecule has 18 heavy (non-hydrogen) atoms. The first-order valence-electron chi connectivity index (χ1n) is 6.84. The normalized spacial score (nSPS) is 23.9. The van der Waals surface area contributed by atoms with Crippen LogP contribution in [-0.4, -0.2) is 12.4 Å². The quantitative estimate of drug-likeness (QED) is 0.823. The summed E-state index contributed by atoms with van der Waals surface area (Å²) in [5, 5.41) is 0.737. The highest BCUT2D eigenvalue weighted by Crippen LogP contribution is 2.42. The van der Waals surface area contributed by atoms with Crippen molar-refractivity contribution in [2.75, 3.05) is 12.8 Å². The Morgan fingerprint density at radius 1 is 1.33 bits per heavy atom. The highest BCUT2D eigenvalue weighted by atomic mass is 32.2. The van der Waals surface area contributed by atoms with Crippen LogP contribution in [0, 0.1) is 5.92 Å². The van der Waals surface area contributed by atoms with Crippen LogP contribution >= 0.6 is 11.8 Å². The summed E-state index contributed by atoms with van der Waals surface area (Å²) in [5.41, 5.74) is 6.57. The van der Waals surface area contributed by atoms with Crippen molar-refractivity contribution in [2.24, 2.45) is 5.92 Å². The van der Waals surface area contributed by atoms with Gasteiger partial charge in [0.2, 0.25) is 0 Å². The summed E-state index contributed by atoms with van der Waals surface area (Å²) in [6.45, 7) is 2.31. The van der Waals surface area contributed by atoms with Crippen LogP contribution in [0.2, 0.25) is 0 Å². The zero-order valence-corrected chi connectivity index (χ0v) is 12.1. The topological polar surface area (TPSA) is 35.2 Å². The Morgan fingerprint density at radius 2 is 2.11 bits per heavy atom. The van der Waals surface area contributed by atoms with Crippen molar-refractivity contribution < 1.29 is 4.74 Å². The van der Waals surface area contributed by atoms with E-state index < -0.39 is 0 Å². The summed E-state index contributed by atoms with van der Waals surface area (Å²) in [6, 6.07) is 5.99. The number of methoxy groups -OCH3 is 1. The van der Waals surface area contributed by atoms with Gasteiger partial charge in [-0.25, -0.2) is 0 Å². The molecule has 0 aliphatic heterocycles. The van der Waals surface area contributed by atoms with E-state index in [0.717, 1.165) is 22.6 Å². The molecule has 2 atom stereocenters. The molecule has 3 heteroatoms. The van der Waals surface area contributed by atoms with Crippen LogP contribution in [0.25, 0.3) is 0 Å². The predicted octanol–water partition coefficient (Wildman–Crippen LogP) is 4.34. The van der Waals surface area contributed by atoms with Gasteiger partial charge in [0.15, 0.2) is 0 Å². The molecule has 0 aromatic heterocycles. The van der Waals surface area contributed by atoms with Crippen LogP contribution in [0.15, 0.2) is 23.1 Å². The number of nitrogen functional groups attached to an aromatic ring is 1. The van der Waals surface area contributed by atoms with E-state index in [0.29, 0.717) is 0 Å². The lowest BCUT2D eigenvalue weighted by Crippen LogP contribution is -2.21. The molecule has 1 saturated carbocycles. The average molecular weight is 265 g/mol. The minimum atomic E-state index is 0.737. The minimum Gasteiger partial charge on any atom is -0.496 e. The molecule has 0 radical (unpaired) electrons. The zero-order valence-electron chi connectivity index (χ0n) is 11.3. The number of anilines is 1. The molecule has 0 saturated heterocycles. The summed E-state index contributed by atoms with van der Waals surface area (Å²) in [5.74, 6) is 1.77. The van der Waals surface area contributed by atoms with E-state index in [1.807, 2.05) is 23.9 Å². The molecule has 1 aliphatic rings. The van der Waals surface area contributed by atoms with Crippen molar-refractivity contribution in [1.82, 2.24) is 0 Å². The summed E-state index contributed by atoms with van der Waals surface area (Å²) in [7, 11) is 1.72. The fourth-order valence-electron chi connectivity index (χ4n) is 2.74. The first-order valence-corrected chi connectivity index (χ1v) is 7.72. The maximum absolute atomic E-state index is 5.80. The Labute approximate surface area is 114 Å². The Balaban J connectivity index is 2.12. The summed E-state index contributed by atoms with van der Waals surface area (Å²) < 4.78 is 5.44. The van der Waals surface area contributed by atoms with Crippen LogP contribution in [0.3, 0.4) is 0 Å². The number of thioether (sulfide) groups is 1. The van der Waals surface area contributed by atoms with Gasteiger partial charge in [-0.3, -0.25) is 0 Å². The lowest BCUT2D eigenvalue weighted by molar-refractivity contribution is 0.360. The zero-order chi connectivity index (χ0) is 13.0. The Morgan fingerprint density at radius 3 is 2.83 bits per heavy atom. The van der Waals surface area contributed by atoms with E-state index in [1.54, 1.807) is 7.11 Å². The largest absolute Gasteiger partial charge is 0.496 e. The number of rotatable bonds is 4. The smallest absolute Gasteiger partial charge is 0.134 e. The Bertz CT molecular complexity index is 394. The second-order valence-corrected chi connectivity index (χ2v) is 6.30. The van der Waals surface area contributed by atoms with Gasteiger partial charge in [-0.05, 0) is 30.9 Å². The van der Waals surface area contributed by atoms with E-state index in [9.17, 15) is 0 Å². The molecule has 2 nitrogen and oxygen atoms in total. The first kappa shape index (κ1) is 13.6. The molecule has 1 aromatic carbocycles. The second-order valence-electron chi connectivity index (χ2n) is 5.02. The maximum Gasteiger partial charge on any atom is 0.134 e. The molecule has 0 spiro atoms. The highest BCUT2D eigenvalue weighted by Gasteiger charge is 2.25. The monoisotopic (exact) mass is 265 g/mol. The number of benzene rings is 1. The second kappa shape index (κ2) is 6.37. The average Bonchev–Trinajstić information content (AvgIpc) is 2.41. The van der Waals surface area contributed by atoms with Crippen molar-refractivity contribution in [3.63, 3.8) is 0 Å². The van der Waals surface area contributed by atoms with Crippen molar-refractivity contribution in [2.45, 2.75) is 49.2 Å². The molecule has 1 aromatic rings. The summed E-state index contributed by atoms with van der Waals surface area (Å²) >= 11 is 1.98. The molecule has 0 bridgehead atoms. The number of nitrogens with two attached hydrogens (primary N) is 1. The van der Waals surface area contributed by atoms with Gasteiger partial charge in [-0.2, -0.15) is 0 Å². The first-order chi connectivity index (χ1) is 8.74. The van der Waals surface area contributed by atoms with Crippen molar-refractivity contribution in [1.29, 1.82) is 0 Å². The molecular formula is C15H23NOS. The van der Waals surface area contributed by atoms with Crippen LogP contribution in [-0.2, 0) is 0 Å². The molecule has 0 amide bonds.